The van der Waals surface area contributed by atoms with Crippen LogP contribution in [0, 0.1) is 0 Å². The normalized spacial score (nSPS) is 11.4. The number of nitrogens with zero attached hydrogens (tertiary/aromatic N) is 2. The number of thiophene rings is 1. The van der Waals surface area contributed by atoms with Crippen LogP contribution in [0.5, 0.6) is 0 Å². The molecule has 0 unspecified atom stereocenters. The molecule has 0 bridgehead atoms. The zero-order valence-corrected chi connectivity index (χ0v) is 11.0. The van der Waals surface area contributed by atoms with E-state index in [1.807, 2.05) is 24.5 Å². The minimum atomic E-state index is 0.848. The van der Waals surface area contributed by atoms with Gasteiger partial charge < -0.3 is 5.21 Å². The summed E-state index contributed by atoms with van der Waals surface area (Å²) >= 11 is 1.78. The minimum absolute atomic E-state index is 0.848. The van der Waals surface area contributed by atoms with E-state index in [0.29, 0.717) is 0 Å². The Morgan fingerprint density at radius 3 is 2.74 bits per heavy atom. The van der Waals surface area contributed by atoms with E-state index < -0.39 is 0 Å². The van der Waals surface area contributed by atoms with Gasteiger partial charge in [0.25, 0.3) is 0 Å². The molecule has 0 aliphatic heterocycles. The van der Waals surface area contributed by atoms with Crippen molar-refractivity contribution in [3.63, 3.8) is 0 Å². The number of rotatable bonds is 3. The molecule has 0 amide bonds. The summed E-state index contributed by atoms with van der Waals surface area (Å²) in [5.41, 5.74) is 2.21. The van der Waals surface area contributed by atoms with E-state index in [0.717, 1.165) is 12.1 Å². The van der Waals surface area contributed by atoms with Gasteiger partial charge in [-0.3, -0.25) is 0 Å². The fourth-order valence-electron chi connectivity index (χ4n) is 2.08. The number of pyridine rings is 1. The van der Waals surface area contributed by atoms with Gasteiger partial charge in [-0.1, -0.05) is 23.4 Å². The maximum absolute atomic E-state index is 8.48. The Kier molecular flexibility index (Phi) is 3.25. The Labute approximate surface area is 115 Å². The molecule has 3 nitrogen and oxygen atoms in total. The second kappa shape index (κ2) is 5.20. The Bertz CT molecular complexity index is 716. The Morgan fingerprint density at radius 2 is 1.95 bits per heavy atom. The average Bonchev–Trinajstić information content (AvgIpc) is 2.85. The summed E-state index contributed by atoms with van der Waals surface area (Å²) in [4.78, 5) is 0. The molecule has 19 heavy (non-hydrogen) atoms. The van der Waals surface area contributed by atoms with Crippen LogP contribution in [0.15, 0.2) is 59.3 Å². The molecule has 2 heterocycles. The fraction of sp³-hybridized carbons (Fsp3) is 0.0667. The Morgan fingerprint density at radius 1 is 1.16 bits per heavy atom. The summed E-state index contributed by atoms with van der Waals surface area (Å²) < 4.78 is 3.44. The molecule has 1 N–H and O–H groups in total. The van der Waals surface area contributed by atoms with Gasteiger partial charge in [0.05, 0.1) is 6.21 Å². The van der Waals surface area contributed by atoms with Crippen molar-refractivity contribution in [2.75, 3.05) is 0 Å². The van der Waals surface area contributed by atoms with Crippen molar-refractivity contribution < 1.29 is 9.77 Å². The number of oxime groups is 1. The largest absolute Gasteiger partial charge is 0.411 e. The molecule has 3 aromatic rings. The van der Waals surface area contributed by atoms with E-state index in [-0.39, 0.29) is 0 Å². The highest BCUT2D eigenvalue weighted by Crippen LogP contribution is 2.25. The molecule has 2 aromatic heterocycles. The van der Waals surface area contributed by atoms with E-state index >= 15 is 0 Å². The van der Waals surface area contributed by atoms with Gasteiger partial charge >= 0.3 is 0 Å². The third-order valence-corrected chi connectivity index (χ3v) is 4.05. The van der Waals surface area contributed by atoms with Crippen LogP contribution in [0.25, 0.3) is 10.1 Å². The summed E-state index contributed by atoms with van der Waals surface area (Å²) in [6.45, 7) is 0.848. The molecular weight excluding hydrogens is 256 g/mol. The average molecular weight is 269 g/mol. The molecule has 3 rings (SSSR count). The lowest BCUT2D eigenvalue weighted by Gasteiger charge is -1.97. The van der Waals surface area contributed by atoms with E-state index in [2.05, 4.69) is 39.4 Å². The predicted octanol–water partition coefficient (Wildman–Crippen LogP) is 3.05. The third-order valence-electron chi connectivity index (χ3n) is 3.04. The molecule has 94 valence electrons. The number of aromatic nitrogens is 1. The summed E-state index contributed by atoms with van der Waals surface area (Å²) in [6.07, 6.45) is 5.40. The Balaban J connectivity index is 1.88. The summed E-state index contributed by atoms with van der Waals surface area (Å²) in [5.74, 6) is 0. The zero-order chi connectivity index (χ0) is 13.1. The monoisotopic (exact) mass is 269 g/mol. The van der Waals surface area contributed by atoms with Crippen molar-refractivity contribution >= 4 is 27.6 Å². The van der Waals surface area contributed by atoms with Gasteiger partial charge in [-0.2, -0.15) is 0 Å². The number of fused-ring (bicyclic) bond motifs is 1. The van der Waals surface area contributed by atoms with E-state index in [1.54, 1.807) is 11.3 Å². The first-order chi connectivity index (χ1) is 9.36. The quantitative estimate of drug-likeness (QED) is 0.337. The van der Waals surface area contributed by atoms with E-state index in [9.17, 15) is 0 Å². The first-order valence-electron chi connectivity index (χ1n) is 5.98. The van der Waals surface area contributed by atoms with Gasteiger partial charge in [0.15, 0.2) is 18.9 Å². The highest BCUT2D eigenvalue weighted by molar-refractivity contribution is 7.17. The molecule has 1 aromatic carbocycles. The van der Waals surface area contributed by atoms with Gasteiger partial charge in [0.1, 0.15) is 0 Å². The van der Waals surface area contributed by atoms with Crippen LogP contribution in [0.3, 0.4) is 0 Å². The van der Waals surface area contributed by atoms with Crippen LogP contribution in [0.4, 0.5) is 0 Å². The summed E-state index contributed by atoms with van der Waals surface area (Å²) in [5, 5.41) is 15.0. The molecular formula is C15H13N2OS+. The van der Waals surface area contributed by atoms with Crippen molar-refractivity contribution in [1.29, 1.82) is 0 Å². The lowest BCUT2D eigenvalue weighted by molar-refractivity contribution is -0.688. The van der Waals surface area contributed by atoms with Gasteiger partial charge in [0.2, 0.25) is 0 Å². The third kappa shape index (κ3) is 2.48. The van der Waals surface area contributed by atoms with Crippen LogP contribution in [0.2, 0.25) is 0 Å². The molecule has 0 saturated heterocycles. The van der Waals surface area contributed by atoms with Gasteiger partial charge in [0, 0.05) is 38.7 Å². The Hall–Kier alpha value is -2.20. The van der Waals surface area contributed by atoms with Crippen molar-refractivity contribution in [2.24, 2.45) is 5.16 Å². The first-order valence-corrected chi connectivity index (χ1v) is 6.86. The fourth-order valence-corrected chi connectivity index (χ4v) is 3.03. The molecule has 0 saturated carbocycles. The van der Waals surface area contributed by atoms with Gasteiger partial charge in [-0.15, -0.1) is 11.3 Å². The van der Waals surface area contributed by atoms with Crippen molar-refractivity contribution in [3.05, 3.63) is 65.3 Å². The molecule has 0 aliphatic rings. The van der Waals surface area contributed by atoms with Crippen molar-refractivity contribution in [3.8, 4) is 0 Å². The second-order valence-corrected chi connectivity index (χ2v) is 5.22. The maximum atomic E-state index is 8.48. The predicted molar refractivity (Wildman–Crippen MR) is 76.9 cm³/mol. The van der Waals surface area contributed by atoms with Crippen LogP contribution in [-0.2, 0) is 6.54 Å². The van der Waals surface area contributed by atoms with Crippen molar-refractivity contribution in [2.45, 2.75) is 6.54 Å². The van der Waals surface area contributed by atoms with Gasteiger partial charge in [-0.05, 0) is 6.07 Å². The SMILES string of the molecule is O/N=C/c1cc[n+](Cc2csc3ccccc23)cc1. The highest BCUT2D eigenvalue weighted by Gasteiger charge is 2.08. The lowest BCUT2D eigenvalue weighted by atomic mass is 10.2. The molecule has 0 atom stereocenters. The number of benzene rings is 1. The highest BCUT2D eigenvalue weighted by atomic mass is 32.1. The first kappa shape index (κ1) is 11.9. The minimum Gasteiger partial charge on any atom is -0.411 e. The topological polar surface area (TPSA) is 36.5 Å². The number of hydrogen-bond acceptors (Lipinski definition) is 3. The van der Waals surface area contributed by atoms with Crippen molar-refractivity contribution in [1.82, 2.24) is 0 Å². The summed E-state index contributed by atoms with van der Waals surface area (Å²) in [7, 11) is 0. The van der Waals surface area contributed by atoms with E-state index in [1.165, 1.54) is 21.9 Å². The van der Waals surface area contributed by atoms with Crippen LogP contribution >= 0.6 is 11.3 Å². The lowest BCUT2D eigenvalue weighted by Crippen LogP contribution is -2.33. The molecule has 0 aliphatic carbocycles. The summed E-state index contributed by atoms with van der Waals surface area (Å²) in [6, 6.07) is 12.3. The van der Waals surface area contributed by atoms with Crippen LogP contribution in [0.1, 0.15) is 11.1 Å². The smallest absolute Gasteiger partial charge is 0.175 e. The zero-order valence-electron chi connectivity index (χ0n) is 10.2. The van der Waals surface area contributed by atoms with Gasteiger partial charge in [-0.25, -0.2) is 4.57 Å². The molecule has 0 spiro atoms. The standard InChI is InChI=1S/C15H12N2OS/c18-16-9-12-5-7-17(8-6-12)10-13-11-19-15-4-2-1-3-14(13)15/h1-9,11H,10H2/p+1. The molecule has 4 heteroatoms. The number of hydrogen-bond donors (Lipinski definition) is 1. The molecule has 0 radical (unpaired) electrons. The van der Waals surface area contributed by atoms with Crippen LogP contribution in [-0.4, -0.2) is 11.4 Å². The maximum Gasteiger partial charge on any atom is 0.175 e. The van der Waals surface area contributed by atoms with Crippen LogP contribution < -0.4 is 4.57 Å². The second-order valence-electron chi connectivity index (χ2n) is 4.31. The van der Waals surface area contributed by atoms with E-state index in [4.69, 9.17) is 5.21 Å². The molecule has 0 fully saturated rings.